The van der Waals surface area contributed by atoms with Gasteiger partial charge in [0.25, 0.3) is 0 Å². The number of rotatable bonds is 2. The molecule has 1 aromatic rings. The van der Waals surface area contributed by atoms with Crippen LogP contribution in [0.25, 0.3) is 0 Å². The number of para-hydroxylation sites is 2. The third-order valence-corrected chi connectivity index (χ3v) is 1.76. The third kappa shape index (κ3) is 2.09. The van der Waals surface area contributed by atoms with Gasteiger partial charge in [-0.15, -0.1) is 0 Å². The van der Waals surface area contributed by atoms with E-state index in [9.17, 15) is 0 Å². The number of nitrogen functional groups attached to an aromatic ring is 1. The Hall–Kier alpha value is -1.31. The predicted octanol–water partition coefficient (Wildman–Crippen LogP) is 2.77. The minimum atomic E-state index is 0.741. The van der Waals surface area contributed by atoms with E-state index >= 15 is 0 Å². The molecule has 1 rings (SSSR count). The average Bonchev–Trinajstić information content (AvgIpc) is 2.09. The number of aliphatic imine (C=N–C) groups is 1. The van der Waals surface area contributed by atoms with Crippen molar-refractivity contribution in [3.63, 3.8) is 0 Å². The van der Waals surface area contributed by atoms with Crippen LogP contribution in [0.3, 0.4) is 0 Å². The van der Waals surface area contributed by atoms with Gasteiger partial charge in [-0.2, -0.15) is 0 Å². The first-order chi connectivity index (χ1) is 5.74. The van der Waals surface area contributed by atoms with Crippen molar-refractivity contribution in [2.75, 3.05) is 5.73 Å². The van der Waals surface area contributed by atoms with E-state index in [1.807, 2.05) is 31.2 Å². The van der Waals surface area contributed by atoms with Crippen molar-refractivity contribution >= 4 is 17.1 Å². The molecule has 0 unspecified atom stereocenters. The fourth-order valence-corrected chi connectivity index (χ4v) is 0.874. The van der Waals surface area contributed by atoms with Crippen LogP contribution in [-0.4, -0.2) is 5.71 Å². The normalized spacial score (nSPS) is 11.7. The summed E-state index contributed by atoms with van der Waals surface area (Å²) in [6.45, 7) is 4.09. The van der Waals surface area contributed by atoms with E-state index in [4.69, 9.17) is 5.73 Å². The van der Waals surface area contributed by atoms with Crippen molar-refractivity contribution in [2.45, 2.75) is 20.3 Å². The van der Waals surface area contributed by atoms with Crippen LogP contribution < -0.4 is 5.73 Å². The van der Waals surface area contributed by atoms with Crippen LogP contribution in [0.5, 0.6) is 0 Å². The molecule has 2 heteroatoms. The lowest BCUT2D eigenvalue weighted by atomic mass is 10.2. The topological polar surface area (TPSA) is 38.4 Å². The maximum atomic E-state index is 5.72. The van der Waals surface area contributed by atoms with Gasteiger partial charge >= 0.3 is 0 Å². The van der Waals surface area contributed by atoms with Gasteiger partial charge in [-0.05, 0) is 25.5 Å². The summed E-state index contributed by atoms with van der Waals surface area (Å²) in [6.07, 6.45) is 0.967. The van der Waals surface area contributed by atoms with E-state index in [-0.39, 0.29) is 0 Å². The first-order valence-corrected chi connectivity index (χ1v) is 4.12. The molecule has 0 aromatic heterocycles. The van der Waals surface area contributed by atoms with E-state index in [1.54, 1.807) is 0 Å². The summed E-state index contributed by atoms with van der Waals surface area (Å²) in [5, 5.41) is 0. The molecule has 0 amide bonds. The second kappa shape index (κ2) is 3.90. The molecule has 0 radical (unpaired) electrons. The lowest BCUT2D eigenvalue weighted by Gasteiger charge is -1.99. The van der Waals surface area contributed by atoms with E-state index in [0.29, 0.717) is 0 Å². The molecule has 0 saturated heterocycles. The predicted molar refractivity (Wildman–Crippen MR) is 53.9 cm³/mol. The maximum absolute atomic E-state index is 5.72. The van der Waals surface area contributed by atoms with Crippen LogP contribution >= 0.6 is 0 Å². The first kappa shape index (κ1) is 8.78. The molecule has 2 N–H and O–H groups in total. The largest absolute Gasteiger partial charge is 0.397 e. The number of nitrogens with two attached hydrogens (primary N) is 1. The molecular formula is C10H14N2. The minimum Gasteiger partial charge on any atom is -0.397 e. The smallest absolute Gasteiger partial charge is 0.0858 e. The van der Waals surface area contributed by atoms with Crippen LogP contribution in [0.1, 0.15) is 20.3 Å². The Kier molecular flexibility index (Phi) is 2.86. The third-order valence-electron chi connectivity index (χ3n) is 1.76. The highest BCUT2D eigenvalue weighted by molar-refractivity contribution is 5.86. The van der Waals surface area contributed by atoms with Gasteiger partial charge in [0.05, 0.1) is 11.4 Å². The molecule has 12 heavy (non-hydrogen) atoms. The molecule has 0 heterocycles. The summed E-state index contributed by atoms with van der Waals surface area (Å²) in [5.74, 6) is 0. The van der Waals surface area contributed by atoms with Crippen molar-refractivity contribution in [3.8, 4) is 0 Å². The Balaban J connectivity index is 2.96. The Morgan fingerprint density at radius 1 is 1.42 bits per heavy atom. The number of nitrogens with zero attached hydrogens (tertiary/aromatic N) is 1. The highest BCUT2D eigenvalue weighted by atomic mass is 14.8. The fourth-order valence-electron chi connectivity index (χ4n) is 0.874. The zero-order chi connectivity index (χ0) is 8.97. The summed E-state index contributed by atoms with van der Waals surface area (Å²) in [4.78, 5) is 4.37. The Morgan fingerprint density at radius 3 is 2.67 bits per heavy atom. The van der Waals surface area contributed by atoms with E-state index in [0.717, 1.165) is 23.5 Å². The number of benzene rings is 1. The summed E-state index contributed by atoms with van der Waals surface area (Å²) in [7, 11) is 0. The summed E-state index contributed by atoms with van der Waals surface area (Å²) >= 11 is 0. The average molecular weight is 162 g/mol. The van der Waals surface area contributed by atoms with Gasteiger partial charge in [0, 0.05) is 5.71 Å². The van der Waals surface area contributed by atoms with Gasteiger partial charge in [-0.1, -0.05) is 19.1 Å². The SMILES string of the molecule is CC/C(C)=N\c1ccccc1N. The minimum absolute atomic E-state index is 0.741. The molecule has 0 aliphatic rings. The van der Waals surface area contributed by atoms with Gasteiger partial charge in [-0.25, -0.2) is 0 Å². The molecule has 0 atom stereocenters. The van der Waals surface area contributed by atoms with E-state index in [1.165, 1.54) is 0 Å². The first-order valence-electron chi connectivity index (χ1n) is 4.12. The van der Waals surface area contributed by atoms with Gasteiger partial charge in [0.1, 0.15) is 0 Å². The van der Waals surface area contributed by atoms with E-state index in [2.05, 4.69) is 11.9 Å². The van der Waals surface area contributed by atoms with Crippen molar-refractivity contribution in [1.29, 1.82) is 0 Å². The second-order valence-electron chi connectivity index (χ2n) is 2.76. The molecule has 0 spiro atoms. The quantitative estimate of drug-likeness (QED) is 0.527. The molecule has 0 aliphatic carbocycles. The van der Waals surface area contributed by atoms with Crippen molar-refractivity contribution in [3.05, 3.63) is 24.3 Å². The maximum Gasteiger partial charge on any atom is 0.0858 e. The monoisotopic (exact) mass is 162 g/mol. The molecule has 2 nitrogen and oxygen atoms in total. The van der Waals surface area contributed by atoms with Crippen molar-refractivity contribution < 1.29 is 0 Å². The number of hydrogen-bond donors (Lipinski definition) is 1. The molecule has 64 valence electrons. The second-order valence-corrected chi connectivity index (χ2v) is 2.76. The van der Waals surface area contributed by atoms with Gasteiger partial charge in [-0.3, -0.25) is 4.99 Å². The Labute approximate surface area is 73.1 Å². The highest BCUT2D eigenvalue weighted by Gasteiger charge is 1.94. The molecule has 0 bridgehead atoms. The lowest BCUT2D eigenvalue weighted by Crippen LogP contribution is -1.89. The molecule has 0 fully saturated rings. The summed E-state index contributed by atoms with van der Waals surface area (Å²) < 4.78 is 0. The zero-order valence-corrected chi connectivity index (χ0v) is 7.54. The standard InChI is InChI=1S/C10H14N2/c1-3-8(2)12-10-7-5-4-6-9(10)11/h4-7H,3,11H2,1-2H3/b12-8-. The number of anilines is 1. The van der Waals surface area contributed by atoms with Crippen molar-refractivity contribution in [2.24, 2.45) is 4.99 Å². The van der Waals surface area contributed by atoms with Gasteiger partial charge < -0.3 is 5.73 Å². The Morgan fingerprint density at radius 2 is 2.08 bits per heavy atom. The fraction of sp³-hybridized carbons (Fsp3) is 0.300. The molecule has 0 saturated carbocycles. The molecule has 1 aromatic carbocycles. The van der Waals surface area contributed by atoms with Crippen LogP contribution in [0.15, 0.2) is 29.3 Å². The summed E-state index contributed by atoms with van der Waals surface area (Å²) in [5.41, 5.74) is 8.43. The lowest BCUT2D eigenvalue weighted by molar-refractivity contribution is 1.25. The van der Waals surface area contributed by atoms with Gasteiger partial charge in [0.2, 0.25) is 0 Å². The van der Waals surface area contributed by atoms with Crippen LogP contribution in [0, 0.1) is 0 Å². The molecule has 0 aliphatic heterocycles. The Bertz CT molecular complexity index is 290. The molecular weight excluding hydrogens is 148 g/mol. The number of hydrogen-bond acceptors (Lipinski definition) is 2. The summed E-state index contributed by atoms with van der Waals surface area (Å²) in [6, 6.07) is 7.64. The van der Waals surface area contributed by atoms with E-state index < -0.39 is 0 Å². The zero-order valence-electron chi connectivity index (χ0n) is 7.54. The van der Waals surface area contributed by atoms with Crippen LogP contribution in [0.4, 0.5) is 11.4 Å². The van der Waals surface area contributed by atoms with Crippen LogP contribution in [0.2, 0.25) is 0 Å². The van der Waals surface area contributed by atoms with Gasteiger partial charge in [0.15, 0.2) is 0 Å². The van der Waals surface area contributed by atoms with Crippen molar-refractivity contribution in [1.82, 2.24) is 0 Å². The highest BCUT2D eigenvalue weighted by Crippen LogP contribution is 2.20. The van der Waals surface area contributed by atoms with Crippen LogP contribution in [-0.2, 0) is 0 Å².